The van der Waals surface area contributed by atoms with Crippen LogP contribution in [0.3, 0.4) is 0 Å². The highest BCUT2D eigenvalue weighted by atomic mass is 79.9. The first-order valence-electron chi connectivity index (χ1n) is 9.93. The molecule has 0 bridgehead atoms. The Morgan fingerprint density at radius 2 is 1.83 bits per heavy atom. The zero-order chi connectivity index (χ0) is 21.8. The van der Waals surface area contributed by atoms with Gasteiger partial charge in [0.15, 0.2) is 5.82 Å². The third-order valence-electron chi connectivity index (χ3n) is 4.38. The molecule has 2 rings (SSSR count). The van der Waals surface area contributed by atoms with Crippen LogP contribution >= 0.6 is 15.9 Å². The predicted molar refractivity (Wildman–Crippen MR) is 120 cm³/mol. The molecule has 1 amide bonds. The van der Waals surface area contributed by atoms with Crippen LogP contribution in [-0.4, -0.2) is 67.0 Å². The molecule has 0 aromatic carbocycles. The summed E-state index contributed by atoms with van der Waals surface area (Å²) in [6.45, 7) is 15.3. The maximum atomic E-state index is 12.9. The van der Waals surface area contributed by atoms with Crippen molar-refractivity contribution in [1.29, 1.82) is 0 Å². The van der Waals surface area contributed by atoms with E-state index in [9.17, 15) is 9.59 Å². The first kappa shape index (κ1) is 23.9. The van der Waals surface area contributed by atoms with E-state index in [1.807, 2.05) is 25.7 Å². The van der Waals surface area contributed by atoms with Crippen LogP contribution in [0.1, 0.15) is 20.8 Å². The van der Waals surface area contributed by atoms with Gasteiger partial charge in [-0.2, -0.15) is 0 Å². The fourth-order valence-corrected chi connectivity index (χ4v) is 3.94. The van der Waals surface area contributed by atoms with Crippen molar-refractivity contribution < 1.29 is 14.3 Å². The van der Waals surface area contributed by atoms with Crippen molar-refractivity contribution in [1.82, 2.24) is 14.5 Å². The second-order valence-corrected chi connectivity index (χ2v) is 15.9. The Balaban J connectivity index is 2.00. The van der Waals surface area contributed by atoms with Crippen LogP contribution in [-0.2, 0) is 16.2 Å². The van der Waals surface area contributed by atoms with E-state index in [2.05, 4.69) is 40.6 Å². The number of hydrogen-bond donors (Lipinski definition) is 0. The minimum Gasteiger partial charge on any atom is -0.444 e. The molecule has 0 saturated carbocycles. The quantitative estimate of drug-likeness (QED) is 0.451. The van der Waals surface area contributed by atoms with Crippen molar-refractivity contribution in [3.8, 4) is 0 Å². The standard InChI is InChI=1S/C19H33BrN4O4Si/c1-19(2,3)28-18(26)23-9-7-22(8-10-23)16-17(25)24(13-15(20)21-16)14-27-11-12-29(4,5)6/h13H,7-12,14H2,1-6H3. The molecule has 1 aromatic heterocycles. The van der Waals surface area contributed by atoms with Gasteiger partial charge in [0.2, 0.25) is 0 Å². The van der Waals surface area contributed by atoms with Crippen molar-refractivity contribution in [2.75, 3.05) is 37.7 Å². The lowest BCUT2D eigenvalue weighted by Crippen LogP contribution is -2.51. The van der Waals surface area contributed by atoms with Gasteiger partial charge < -0.3 is 19.3 Å². The van der Waals surface area contributed by atoms with Crippen LogP contribution in [0.15, 0.2) is 15.6 Å². The smallest absolute Gasteiger partial charge is 0.410 e. The molecule has 1 aliphatic heterocycles. The van der Waals surface area contributed by atoms with Crippen LogP contribution in [0.5, 0.6) is 0 Å². The van der Waals surface area contributed by atoms with Gasteiger partial charge >= 0.3 is 6.09 Å². The van der Waals surface area contributed by atoms with Crippen LogP contribution in [0, 0.1) is 0 Å². The molecule has 1 aliphatic rings. The summed E-state index contributed by atoms with van der Waals surface area (Å²) >= 11 is 3.39. The van der Waals surface area contributed by atoms with E-state index in [-0.39, 0.29) is 18.4 Å². The second-order valence-electron chi connectivity index (χ2n) is 9.46. The summed E-state index contributed by atoms with van der Waals surface area (Å²) < 4.78 is 13.3. The maximum absolute atomic E-state index is 12.9. The number of carbonyl (C=O) groups excluding carboxylic acids is 1. The molecule has 0 spiro atoms. The molecule has 8 nitrogen and oxygen atoms in total. The van der Waals surface area contributed by atoms with E-state index in [4.69, 9.17) is 9.47 Å². The average molecular weight is 489 g/mol. The van der Waals surface area contributed by atoms with E-state index in [1.54, 1.807) is 11.1 Å². The molecule has 29 heavy (non-hydrogen) atoms. The molecule has 0 aliphatic carbocycles. The number of piperazine rings is 1. The van der Waals surface area contributed by atoms with E-state index < -0.39 is 13.7 Å². The van der Waals surface area contributed by atoms with Gasteiger partial charge in [0.05, 0.1) is 0 Å². The molecule has 2 heterocycles. The lowest BCUT2D eigenvalue weighted by Gasteiger charge is -2.35. The minimum atomic E-state index is -1.17. The van der Waals surface area contributed by atoms with Crippen LogP contribution < -0.4 is 10.5 Å². The predicted octanol–water partition coefficient (Wildman–Crippen LogP) is 3.38. The number of halogens is 1. The van der Waals surface area contributed by atoms with Crippen LogP contribution in [0.4, 0.5) is 10.6 Å². The average Bonchev–Trinajstić information content (AvgIpc) is 2.59. The van der Waals surface area contributed by atoms with Crippen molar-refractivity contribution in [3.63, 3.8) is 0 Å². The number of carbonyl (C=O) groups is 1. The number of amides is 1. The number of ether oxygens (including phenoxy) is 2. The summed E-state index contributed by atoms with van der Waals surface area (Å²) in [6.07, 6.45) is 1.32. The third-order valence-corrected chi connectivity index (χ3v) is 6.47. The van der Waals surface area contributed by atoms with Crippen molar-refractivity contribution >= 4 is 35.9 Å². The maximum Gasteiger partial charge on any atom is 0.410 e. The Morgan fingerprint density at radius 1 is 1.21 bits per heavy atom. The molecular weight excluding hydrogens is 456 g/mol. The van der Waals surface area contributed by atoms with Crippen molar-refractivity contribution in [2.24, 2.45) is 0 Å². The number of rotatable bonds is 6. The largest absolute Gasteiger partial charge is 0.444 e. The Kier molecular flexibility index (Phi) is 7.91. The van der Waals surface area contributed by atoms with Gasteiger partial charge in [0.1, 0.15) is 16.9 Å². The molecule has 164 valence electrons. The molecule has 1 fully saturated rings. The van der Waals surface area contributed by atoms with Gasteiger partial charge in [-0.3, -0.25) is 9.36 Å². The first-order chi connectivity index (χ1) is 13.4. The highest BCUT2D eigenvalue weighted by Crippen LogP contribution is 2.16. The van der Waals surface area contributed by atoms with Gasteiger partial charge in [-0.05, 0) is 42.7 Å². The van der Waals surface area contributed by atoms with Gasteiger partial charge in [-0.15, -0.1) is 0 Å². The zero-order valence-corrected chi connectivity index (χ0v) is 20.9. The zero-order valence-electron chi connectivity index (χ0n) is 18.3. The fraction of sp³-hybridized carbons (Fsp3) is 0.737. The summed E-state index contributed by atoms with van der Waals surface area (Å²) in [5.41, 5.74) is -0.713. The highest BCUT2D eigenvalue weighted by Gasteiger charge is 2.27. The fourth-order valence-electron chi connectivity index (χ4n) is 2.76. The summed E-state index contributed by atoms with van der Waals surface area (Å²) in [6, 6.07) is 1.05. The van der Waals surface area contributed by atoms with Crippen molar-refractivity contribution in [2.45, 2.75) is 58.8 Å². The van der Waals surface area contributed by atoms with Crippen LogP contribution in [0.2, 0.25) is 25.7 Å². The summed E-state index contributed by atoms with van der Waals surface area (Å²) in [5.74, 6) is 0.372. The van der Waals surface area contributed by atoms with Gasteiger partial charge in [0, 0.05) is 47.1 Å². The highest BCUT2D eigenvalue weighted by molar-refractivity contribution is 9.10. The van der Waals surface area contributed by atoms with Gasteiger partial charge in [-0.1, -0.05) is 19.6 Å². The van der Waals surface area contributed by atoms with E-state index in [0.717, 1.165) is 6.04 Å². The monoisotopic (exact) mass is 488 g/mol. The SMILES string of the molecule is CC(C)(C)OC(=O)N1CCN(c2nc(Br)cn(COCC[Si](C)(C)C)c2=O)CC1. The lowest BCUT2D eigenvalue weighted by molar-refractivity contribution is 0.0240. The molecule has 10 heteroatoms. The Bertz CT molecular complexity index is 765. The van der Waals surface area contributed by atoms with E-state index >= 15 is 0 Å². The van der Waals surface area contributed by atoms with Gasteiger partial charge in [-0.25, -0.2) is 9.78 Å². The molecule has 0 atom stereocenters. The summed E-state index contributed by atoms with van der Waals surface area (Å²) in [4.78, 5) is 33.1. The minimum absolute atomic E-state index is 0.188. The molecular formula is C19H33BrN4O4Si. The molecule has 1 saturated heterocycles. The van der Waals surface area contributed by atoms with Gasteiger partial charge in [0.25, 0.3) is 5.56 Å². The molecule has 0 N–H and O–H groups in total. The summed E-state index contributed by atoms with van der Waals surface area (Å²) in [5, 5.41) is 0. The van der Waals surface area contributed by atoms with E-state index in [1.165, 1.54) is 4.57 Å². The van der Waals surface area contributed by atoms with Crippen molar-refractivity contribution in [3.05, 3.63) is 21.2 Å². The Morgan fingerprint density at radius 3 is 2.38 bits per heavy atom. The topological polar surface area (TPSA) is 76.9 Å². The first-order valence-corrected chi connectivity index (χ1v) is 14.4. The Labute approximate surface area is 182 Å². The molecule has 1 aromatic rings. The second kappa shape index (κ2) is 9.61. The van der Waals surface area contributed by atoms with Crippen LogP contribution in [0.25, 0.3) is 0 Å². The lowest BCUT2D eigenvalue weighted by atomic mass is 10.2. The molecule has 0 unspecified atom stereocenters. The number of anilines is 1. The molecule has 0 radical (unpaired) electrons. The Hall–Kier alpha value is -1.39. The third kappa shape index (κ3) is 7.75. The normalized spacial score (nSPS) is 15.6. The summed E-state index contributed by atoms with van der Waals surface area (Å²) in [7, 11) is -1.17. The number of hydrogen-bond acceptors (Lipinski definition) is 6. The van der Waals surface area contributed by atoms with E-state index in [0.29, 0.717) is 43.2 Å². The number of nitrogens with zero attached hydrogens (tertiary/aromatic N) is 4. The number of aromatic nitrogens is 2.